The average Bonchev–Trinajstić information content (AvgIpc) is 2.12. The van der Waals surface area contributed by atoms with Crippen LogP contribution >= 0.6 is 0 Å². The van der Waals surface area contributed by atoms with Gasteiger partial charge in [0.15, 0.2) is 0 Å². The molecule has 0 fully saturated rings. The third-order valence-electron chi connectivity index (χ3n) is 1.91. The van der Waals surface area contributed by atoms with E-state index >= 15 is 0 Å². The molecule has 1 unspecified atom stereocenters. The zero-order valence-electron chi connectivity index (χ0n) is 8.31. The molecule has 0 saturated heterocycles. The van der Waals surface area contributed by atoms with Crippen LogP contribution in [0.2, 0.25) is 0 Å². The topological polar surface area (TPSA) is 78.9 Å². The Morgan fingerprint density at radius 3 is 2.69 bits per heavy atom. The lowest BCUT2D eigenvalue weighted by molar-refractivity contribution is -0.120. The third kappa shape index (κ3) is 7.74. The van der Waals surface area contributed by atoms with Gasteiger partial charge in [-0.3, -0.25) is 4.79 Å². The van der Waals surface area contributed by atoms with Gasteiger partial charge in [0.05, 0.1) is 6.54 Å². The Balaban J connectivity index is 3.29. The first-order valence-electron chi connectivity index (χ1n) is 4.84. The monoisotopic (exact) mass is 186 g/mol. The maximum absolute atomic E-state index is 10.8. The number of rotatable bonds is 7. The summed E-state index contributed by atoms with van der Waals surface area (Å²) in [4.78, 5) is 10.8. The van der Waals surface area contributed by atoms with Crippen molar-refractivity contribution in [3.8, 4) is 0 Å². The van der Waals surface area contributed by atoms with Crippen LogP contribution < -0.4 is 16.8 Å². The molecule has 0 spiro atoms. The SMILES string of the molecule is CC(CCCCCN)NC(=O)C[NH]. The molecule has 4 N–H and O–H groups in total. The lowest BCUT2D eigenvalue weighted by atomic mass is 10.1. The van der Waals surface area contributed by atoms with E-state index in [1.165, 1.54) is 0 Å². The minimum absolute atomic E-state index is 0.173. The zero-order chi connectivity index (χ0) is 10.1. The molecule has 1 amide bonds. The van der Waals surface area contributed by atoms with Crippen LogP contribution in [0, 0.1) is 0 Å². The first kappa shape index (κ1) is 12.4. The molecule has 1 atom stereocenters. The van der Waals surface area contributed by atoms with E-state index in [1.807, 2.05) is 6.92 Å². The zero-order valence-corrected chi connectivity index (χ0v) is 8.31. The molecular weight excluding hydrogens is 166 g/mol. The van der Waals surface area contributed by atoms with Crippen LogP contribution in [0.25, 0.3) is 0 Å². The summed E-state index contributed by atoms with van der Waals surface area (Å²) in [5.74, 6) is -0.189. The quantitative estimate of drug-likeness (QED) is 0.561. The molecule has 4 heteroatoms. The number of nitrogens with two attached hydrogens (primary N) is 1. The highest BCUT2D eigenvalue weighted by atomic mass is 16.1. The Labute approximate surface area is 80.0 Å². The molecule has 0 aromatic carbocycles. The average molecular weight is 186 g/mol. The third-order valence-corrected chi connectivity index (χ3v) is 1.91. The first-order chi connectivity index (χ1) is 6.20. The van der Waals surface area contributed by atoms with Gasteiger partial charge in [0.25, 0.3) is 0 Å². The van der Waals surface area contributed by atoms with Crippen molar-refractivity contribution in [3.05, 3.63) is 0 Å². The minimum Gasteiger partial charge on any atom is -0.352 e. The summed E-state index contributed by atoms with van der Waals surface area (Å²) in [6.45, 7) is 2.54. The molecule has 0 aromatic heterocycles. The summed E-state index contributed by atoms with van der Waals surface area (Å²) in [5.41, 5.74) is 12.2. The van der Waals surface area contributed by atoms with E-state index in [0.717, 1.165) is 32.2 Å². The van der Waals surface area contributed by atoms with Gasteiger partial charge in [-0.05, 0) is 26.3 Å². The Bertz CT molecular complexity index is 139. The van der Waals surface area contributed by atoms with E-state index in [1.54, 1.807) is 0 Å². The molecule has 0 saturated carbocycles. The van der Waals surface area contributed by atoms with Crippen molar-refractivity contribution < 1.29 is 4.79 Å². The van der Waals surface area contributed by atoms with E-state index in [2.05, 4.69) is 5.32 Å². The summed E-state index contributed by atoms with van der Waals surface area (Å²) in [5, 5.41) is 2.75. The molecule has 0 aromatic rings. The van der Waals surface area contributed by atoms with Gasteiger partial charge in [0.1, 0.15) is 0 Å². The Morgan fingerprint density at radius 2 is 2.15 bits per heavy atom. The Kier molecular flexibility index (Phi) is 7.63. The van der Waals surface area contributed by atoms with Crippen molar-refractivity contribution in [3.63, 3.8) is 0 Å². The minimum atomic E-state index is -0.189. The van der Waals surface area contributed by atoms with Gasteiger partial charge >= 0.3 is 0 Å². The Hall–Kier alpha value is -0.610. The van der Waals surface area contributed by atoms with Gasteiger partial charge < -0.3 is 11.1 Å². The number of hydrogen-bond donors (Lipinski definition) is 2. The molecular formula is C9H20N3O. The Morgan fingerprint density at radius 1 is 1.46 bits per heavy atom. The highest BCUT2D eigenvalue weighted by Gasteiger charge is 2.04. The van der Waals surface area contributed by atoms with Gasteiger partial charge in [0, 0.05) is 6.04 Å². The van der Waals surface area contributed by atoms with E-state index in [0.29, 0.717) is 0 Å². The van der Waals surface area contributed by atoms with Crippen LogP contribution in [0.5, 0.6) is 0 Å². The van der Waals surface area contributed by atoms with Gasteiger partial charge in [-0.25, -0.2) is 5.73 Å². The van der Waals surface area contributed by atoms with E-state index < -0.39 is 0 Å². The molecule has 0 heterocycles. The molecule has 0 rings (SSSR count). The van der Waals surface area contributed by atoms with Crippen molar-refractivity contribution in [1.82, 2.24) is 11.1 Å². The molecule has 1 radical (unpaired) electrons. The first-order valence-corrected chi connectivity index (χ1v) is 4.84. The maximum Gasteiger partial charge on any atom is 0.235 e. The standard InChI is InChI=1S/C9H20N3O/c1-8(12-9(13)7-11)5-3-2-4-6-10/h8,11H,2-7,10H2,1H3,(H,12,13). The lowest BCUT2D eigenvalue weighted by Crippen LogP contribution is -2.34. The van der Waals surface area contributed by atoms with E-state index in [9.17, 15) is 4.79 Å². The van der Waals surface area contributed by atoms with Crippen molar-refractivity contribution in [2.75, 3.05) is 13.1 Å². The fourth-order valence-corrected chi connectivity index (χ4v) is 1.17. The van der Waals surface area contributed by atoms with E-state index in [-0.39, 0.29) is 18.5 Å². The number of carbonyl (C=O) groups excluding carboxylic acids is 1. The van der Waals surface area contributed by atoms with Crippen LogP contribution in [0.15, 0.2) is 0 Å². The summed E-state index contributed by atoms with van der Waals surface area (Å²) < 4.78 is 0. The molecule has 77 valence electrons. The highest BCUT2D eigenvalue weighted by molar-refractivity contribution is 5.77. The van der Waals surface area contributed by atoms with Crippen molar-refractivity contribution in [2.45, 2.75) is 38.6 Å². The van der Waals surface area contributed by atoms with Crippen molar-refractivity contribution in [1.29, 1.82) is 0 Å². The second-order valence-corrected chi connectivity index (χ2v) is 3.28. The predicted octanol–water partition coefficient (Wildman–Crippen LogP) is 0.293. The maximum atomic E-state index is 10.8. The van der Waals surface area contributed by atoms with Gasteiger partial charge in [-0.15, -0.1) is 0 Å². The van der Waals surface area contributed by atoms with Gasteiger partial charge in [-0.1, -0.05) is 12.8 Å². The molecule has 0 aliphatic heterocycles. The van der Waals surface area contributed by atoms with Crippen LogP contribution in [-0.2, 0) is 4.79 Å². The number of unbranched alkanes of at least 4 members (excludes halogenated alkanes) is 2. The predicted molar refractivity (Wildman–Crippen MR) is 53.1 cm³/mol. The second kappa shape index (κ2) is 8.01. The van der Waals surface area contributed by atoms with Gasteiger partial charge in [0.2, 0.25) is 5.91 Å². The number of amides is 1. The van der Waals surface area contributed by atoms with Crippen LogP contribution in [0.3, 0.4) is 0 Å². The number of carbonyl (C=O) groups is 1. The van der Waals surface area contributed by atoms with Gasteiger partial charge in [-0.2, -0.15) is 0 Å². The number of hydrogen-bond acceptors (Lipinski definition) is 2. The fourth-order valence-electron chi connectivity index (χ4n) is 1.17. The van der Waals surface area contributed by atoms with Crippen molar-refractivity contribution >= 4 is 5.91 Å². The van der Waals surface area contributed by atoms with Crippen LogP contribution in [-0.4, -0.2) is 25.0 Å². The summed E-state index contributed by atoms with van der Waals surface area (Å²) in [6.07, 6.45) is 4.25. The highest BCUT2D eigenvalue weighted by Crippen LogP contribution is 2.02. The summed E-state index contributed by atoms with van der Waals surface area (Å²) in [6, 6.07) is 0.190. The molecule has 0 bridgehead atoms. The van der Waals surface area contributed by atoms with Crippen molar-refractivity contribution in [2.24, 2.45) is 5.73 Å². The van der Waals surface area contributed by atoms with Crippen LogP contribution in [0.4, 0.5) is 0 Å². The molecule has 13 heavy (non-hydrogen) atoms. The summed E-state index contributed by atoms with van der Waals surface area (Å²) >= 11 is 0. The lowest BCUT2D eigenvalue weighted by Gasteiger charge is -2.12. The summed E-state index contributed by atoms with van der Waals surface area (Å²) in [7, 11) is 0. The normalized spacial score (nSPS) is 12.5. The number of nitrogens with one attached hydrogen (secondary N) is 2. The fraction of sp³-hybridized carbons (Fsp3) is 0.889. The smallest absolute Gasteiger partial charge is 0.235 e. The molecule has 4 nitrogen and oxygen atoms in total. The van der Waals surface area contributed by atoms with E-state index in [4.69, 9.17) is 11.5 Å². The van der Waals surface area contributed by atoms with Crippen LogP contribution in [0.1, 0.15) is 32.6 Å². The largest absolute Gasteiger partial charge is 0.352 e. The molecule has 0 aliphatic carbocycles. The second-order valence-electron chi connectivity index (χ2n) is 3.28. The molecule has 0 aliphatic rings.